The average molecular weight is 520 g/mol. The third kappa shape index (κ3) is 6.55. The minimum atomic E-state index is -4.75. The molecule has 0 bridgehead atoms. The maximum atomic E-state index is 12.7. The molecule has 9 nitrogen and oxygen atoms in total. The highest BCUT2D eigenvalue weighted by Crippen LogP contribution is 2.25. The second-order valence-corrected chi connectivity index (χ2v) is 10.1. The topological polar surface area (TPSA) is 122 Å². The zero-order chi connectivity index (χ0) is 24.9. The van der Waals surface area contributed by atoms with Crippen LogP contribution in [0.5, 0.6) is 0 Å². The number of thiophene rings is 1. The number of ether oxygens (including phenoxy) is 1. The summed E-state index contributed by atoms with van der Waals surface area (Å²) in [7, 11) is -3.66. The number of sulfonamides is 1. The molecule has 0 atom stereocenters. The highest BCUT2D eigenvalue weighted by Gasteiger charge is 2.30. The smallest absolute Gasteiger partial charge is 0.422 e. The van der Waals surface area contributed by atoms with E-state index in [4.69, 9.17) is 0 Å². The summed E-state index contributed by atoms with van der Waals surface area (Å²) < 4.78 is 67.1. The van der Waals surface area contributed by atoms with E-state index in [0.29, 0.717) is 13.1 Å². The highest BCUT2D eigenvalue weighted by atomic mass is 32.2. The van der Waals surface area contributed by atoms with E-state index in [9.17, 15) is 36.0 Å². The van der Waals surface area contributed by atoms with E-state index in [1.165, 1.54) is 40.0 Å². The van der Waals surface area contributed by atoms with Gasteiger partial charge >= 0.3 is 12.3 Å². The zero-order valence-corrected chi connectivity index (χ0v) is 19.2. The van der Waals surface area contributed by atoms with Crippen molar-refractivity contribution in [3.8, 4) is 0 Å². The number of hydrogen-bond donors (Lipinski definition) is 2. The summed E-state index contributed by atoms with van der Waals surface area (Å²) in [5, 5.41) is 5.58. The summed E-state index contributed by atoms with van der Waals surface area (Å²) in [5.41, 5.74) is -0.0476. The first-order valence-electron chi connectivity index (χ1n) is 10.0. The molecule has 34 heavy (non-hydrogen) atoms. The van der Waals surface area contributed by atoms with Crippen LogP contribution in [-0.2, 0) is 14.8 Å². The van der Waals surface area contributed by atoms with Crippen molar-refractivity contribution in [1.82, 2.24) is 9.62 Å². The molecule has 1 aliphatic heterocycles. The lowest BCUT2D eigenvalue weighted by Crippen LogP contribution is -2.35. The molecule has 14 heteroatoms. The Morgan fingerprint density at radius 2 is 1.65 bits per heavy atom. The van der Waals surface area contributed by atoms with Crippen LogP contribution in [0.3, 0.4) is 0 Å². The number of anilines is 1. The predicted octanol–water partition coefficient (Wildman–Crippen LogP) is 3.60. The summed E-state index contributed by atoms with van der Waals surface area (Å²) in [4.78, 5) is 36.2. The minimum Gasteiger partial charge on any atom is -0.440 e. The number of piperidine rings is 1. The number of carbonyl (C=O) groups is 3. The van der Waals surface area contributed by atoms with Crippen LogP contribution in [0.4, 0.5) is 23.0 Å². The molecule has 3 amide bonds. The molecule has 1 aromatic carbocycles. The van der Waals surface area contributed by atoms with Crippen molar-refractivity contribution in [3.05, 3.63) is 46.8 Å². The highest BCUT2D eigenvalue weighted by molar-refractivity contribution is 7.89. The summed E-state index contributed by atoms with van der Waals surface area (Å²) in [6.45, 7) is -0.974. The lowest BCUT2D eigenvalue weighted by molar-refractivity contribution is -0.160. The van der Waals surface area contributed by atoms with Crippen molar-refractivity contribution in [1.29, 1.82) is 0 Å². The van der Waals surface area contributed by atoms with Gasteiger partial charge in [-0.25, -0.2) is 13.2 Å². The number of carbonyl (C=O) groups excluding carboxylic acids is 3. The summed E-state index contributed by atoms with van der Waals surface area (Å²) >= 11 is 0.944. The molecule has 1 aromatic heterocycles. The maximum absolute atomic E-state index is 12.7. The second kappa shape index (κ2) is 10.5. The first-order valence-corrected chi connectivity index (χ1v) is 12.3. The molecule has 0 saturated carbocycles. The van der Waals surface area contributed by atoms with E-state index in [-0.39, 0.29) is 21.0 Å². The van der Waals surface area contributed by atoms with Gasteiger partial charge in [0.25, 0.3) is 11.8 Å². The van der Waals surface area contributed by atoms with Crippen molar-refractivity contribution in [2.45, 2.75) is 30.3 Å². The SMILES string of the molecule is O=C(NC(=O)c1ccsc1NC(=O)c1ccc(S(=O)(=O)N2CCCCC2)cc1)OCC(F)(F)F. The molecule has 1 saturated heterocycles. The Kier molecular flexibility index (Phi) is 7.94. The average Bonchev–Trinajstić information content (AvgIpc) is 3.26. The van der Waals surface area contributed by atoms with Gasteiger partial charge in [-0.2, -0.15) is 17.5 Å². The van der Waals surface area contributed by atoms with Crippen molar-refractivity contribution >= 4 is 44.3 Å². The van der Waals surface area contributed by atoms with Crippen LogP contribution in [0.15, 0.2) is 40.6 Å². The Morgan fingerprint density at radius 1 is 1.00 bits per heavy atom. The van der Waals surface area contributed by atoms with Gasteiger partial charge in [0.15, 0.2) is 6.61 Å². The Hall–Kier alpha value is -2.97. The molecule has 0 radical (unpaired) electrons. The second-order valence-electron chi connectivity index (χ2n) is 7.25. The van der Waals surface area contributed by atoms with Crippen LogP contribution < -0.4 is 10.6 Å². The Balaban J connectivity index is 1.64. The quantitative estimate of drug-likeness (QED) is 0.602. The largest absolute Gasteiger partial charge is 0.440 e. The minimum absolute atomic E-state index is 0.0381. The number of hydrogen-bond acceptors (Lipinski definition) is 7. The molecule has 0 unspecified atom stereocenters. The van der Waals surface area contributed by atoms with Crippen molar-refractivity contribution < 1.29 is 40.7 Å². The fraction of sp³-hybridized carbons (Fsp3) is 0.350. The molecule has 1 fully saturated rings. The van der Waals surface area contributed by atoms with Crippen LogP contribution >= 0.6 is 11.3 Å². The van der Waals surface area contributed by atoms with Gasteiger partial charge in [-0.3, -0.25) is 14.9 Å². The third-order valence-electron chi connectivity index (χ3n) is 4.79. The van der Waals surface area contributed by atoms with Crippen LogP contribution in [0.1, 0.15) is 40.0 Å². The van der Waals surface area contributed by atoms with Gasteiger partial charge in [0.1, 0.15) is 5.00 Å². The standard InChI is InChI=1S/C20H20F3N3O6S2/c21-20(22,23)12-32-19(29)25-17(28)15-8-11-33-18(15)24-16(27)13-4-6-14(7-5-13)34(30,31)26-9-2-1-3-10-26/h4-8,11H,1-3,9-10,12H2,(H,24,27)(H,25,28,29). The van der Waals surface area contributed by atoms with Gasteiger partial charge in [-0.15, -0.1) is 11.3 Å². The van der Waals surface area contributed by atoms with Gasteiger partial charge < -0.3 is 10.1 Å². The Labute approximate surface area is 196 Å². The summed E-state index contributed by atoms with van der Waals surface area (Å²) in [5.74, 6) is -1.72. The van der Waals surface area contributed by atoms with Crippen LogP contribution in [0.2, 0.25) is 0 Å². The fourth-order valence-corrected chi connectivity index (χ4v) is 5.43. The first kappa shape index (κ1) is 25.6. The predicted molar refractivity (Wildman–Crippen MR) is 116 cm³/mol. The van der Waals surface area contributed by atoms with Crippen molar-refractivity contribution in [2.24, 2.45) is 0 Å². The number of imide groups is 1. The van der Waals surface area contributed by atoms with E-state index in [1.54, 1.807) is 5.32 Å². The Morgan fingerprint density at radius 3 is 2.26 bits per heavy atom. The molecule has 2 aromatic rings. The van der Waals surface area contributed by atoms with Gasteiger partial charge in [0, 0.05) is 18.7 Å². The van der Waals surface area contributed by atoms with Gasteiger partial charge in [-0.1, -0.05) is 6.42 Å². The van der Waals surface area contributed by atoms with Gasteiger partial charge in [0.2, 0.25) is 10.0 Å². The number of halogens is 3. The molecule has 2 heterocycles. The number of nitrogens with one attached hydrogen (secondary N) is 2. The van der Waals surface area contributed by atoms with Crippen molar-refractivity contribution in [3.63, 3.8) is 0 Å². The van der Waals surface area contributed by atoms with E-state index in [0.717, 1.165) is 30.6 Å². The van der Waals surface area contributed by atoms with E-state index >= 15 is 0 Å². The molecule has 3 rings (SSSR count). The van der Waals surface area contributed by atoms with Gasteiger partial charge in [-0.05, 0) is 48.6 Å². The molecule has 2 N–H and O–H groups in total. The monoisotopic (exact) mass is 519 g/mol. The molecular weight excluding hydrogens is 499 g/mol. The molecule has 0 spiro atoms. The lowest BCUT2D eigenvalue weighted by atomic mass is 10.2. The maximum Gasteiger partial charge on any atom is 0.422 e. The van der Waals surface area contributed by atoms with Crippen LogP contribution in [0, 0.1) is 0 Å². The lowest BCUT2D eigenvalue weighted by Gasteiger charge is -2.25. The summed E-state index contributed by atoms with van der Waals surface area (Å²) in [6.07, 6.45) is -3.78. The van der Waals surface area contributed by atoms with Crippen molar-refractivity contribution in [2.75, 3.05) is 25.0 Å². The Bertz CT molecular complexity index is 1160. The van der Waals surface area contributed by atoms with E-state index in [2.05, 4.69) is 10.1 Å². The van der Waals surface area contributed by atoms with Crippen LogP contribution in [0.25, 0.3) is 0 Å². The fourth-order valence-electron chi connectivity index (χ4n) is 3.14. The molecular formula is C20H20F3N3O6S2. The zero-order valence-electron chi connectivity index (χ0n) is 17.6. The molecule has 184 valence electrons. The number of benzene rings is 1. The number of alkyl carbamates (subject to hydrolysis) is 1. The summed E-state index contributed by atoms with van der Waals surface area (Å²) in [6, 6.07) is 6.55. The van der Waals surface area contributed by atoms with E-state index < -0.39 is 40.7 Å². The number of rotatable bonds is 6. The number of alkyl halides is 3. The third-order valence-corrected chi connectivity index (χ3v) is 7.53. The molecule has 0 aliphatic carbocycles. The van der Waals surface area contributed by atoms with Gasteiger partial charge in [0.05, 0.1) is 10.5 Å². The molecule has 1 aliphatic rings. The first-order chi connectivity index (χ1) is 16.0. The number of nitrogens with zero attached hydrogens (tertiary/aromatic N) is 1. The number of amides is 3. The van der Waals surface area contributed by atoms with Crippen LogP contribution in [-0.4, -0.2) is 56.5 Å². The normalized spacial score (nSPS) is 14.9. The van der Waals surface area contributed by atoms with E-state index in [1.807, 2.05) is 0 Å².